The van der Waals surface area contributed by atoms with Gasteiger partial charge in [-0.15, -0.1) is 0 Å². The third-order valence-corrected chi connectivity index (χ3v) is 3.33. The molecule has 1 atom stereocenters. The van der Waals surface area contributed by atoms with Gasteiger partial charge in [-0.1, -0.05) is 12.8 Å². The summed E-state index contributed by atoms with van der Waals surface area (Å²) in [5.74, 6) is 0. The second kappa shape index (κ2) is 6.46. The molecule has 0 bridgehead atoms. The van der Waals surface area contributed by atoms with Crippen LogP contribution >= 0.6 is 0 Å². The molecule has 0 aromatic carbocycles. The van der Waals surface area contributed by atoms with Gasteiger partial charge in [0.05, 0.1) is 18.8 Å². The molecule has 1 heterocycles. The van der Waals surface area contributed by atoms with Crippen molar-refractivity contribution in [2.75, 3.05) is 26.3 Å². The second-order valence-corrected chi connectivity index (χ2v) is 4.62. The molecule has 15 heavy (non-hydrogen) atoms. The molecule has 3 nitrogen and oxygen atoms in total. The summed E-state index contributed by atoms with van der Waals surface area (Å²) in [6.45, 7) is 3.77. The maximum absolute atomic E-state index is 5.76. The highest BCUT2D eigenvalue weighted by Gasteiger charge is 2.16. The number of hydrogen-bond acceptors (Lipinski definition) is 3. The summed E-state index contributed by atoms with van der Waals surface area (Å²) in [5, 5.41) is 3.40. The quantitative estimate of drug-likeness (QED) is 0.681. The Morgan fingerprint density at radius 1 is 1.13 bits per heavy atom. The average molecular weight is 213 g/mol. The highest BCUT2D eigenvalue weighted by Crippen LogP contribution is 2.20. The maximum atomic E-state index is 5.76. The number of rotatable bonds is 6. The average Bonchev–Trinajstić information content (AvgIpc) is 2.88. The molecule has 2 rings (SSSR count). The normalized spacial score (nSPS) is 27.6. The standard InChI is InChI=1S/C12H23NO2/c1-2-5-11(4-1)15-9-7-13-10-12-6-3-8-14-12/h11-13H,1-10H2. The van der Waals surface area contributed by atoms with Crippen LogP contribution in [0.25, 0.3) is 0 Å². The van der Waals surface area contributed by atoms with Gasteiger partial charge in [-0.05, 0) is 25.7 Å². The number of ether oxygens (including phenoxy) is 2. The van der Waals surface area contributed by atoms with Crippen LogP contribution in [-0.4, -0.2) is 38.5 Å². The lowest BCUT2D eigenvalue weighted by atomic mass is 10.2. The van der Waals surface area contributed by atoms with Crippen molar-refractivity contribution in [2.45, 2.75) is 50.7 Å². The van der Waals surface area contributed by atoms with Crippen LogP contribution < -0.4 is 5.32 Å². The smallest absolute Gasteiger partial charge is 0.0700 e. The summed E-state index contributed by atoms with van der Waals surface area (Å²) in [4.78, 5) is 0. The summed E-state index contributed by atoms with van der Waals surface area (Å²) in [6.07, 6.45) is 8.70. The van der Waals surface area contributed by atoms with Gasteiger partial charge in [0.2, 0.25) is 0 Å². The fourth-order valence-electron chi connectivity index (χ4n) is 2.42. The van der Waals surface area contributed by atoms with E-state index in [1.807, 2.05) is 0 Å². The van der Waals surface area contributed by atoms with Crippen molar-refractivity contribution in [3.8, 4) is 0 Å². The summed E-state index contributed by atoms with van der Waals surface area (Å²) in [5.41, 5.74) is 0. The minimum Gasteiger partial charge on any atom is -0.377 e. The van der Waals surface area contributed by atoms with Gasteiger partial charge in [0.25, 0.3) is 0 Å². The van der Waals surface area contributed by atoms with Gasteiger partial charge < -0.3 is 14.8 Å². The predicted molar refractivity (Wildman–Crippen MR) is 60.1 cm³/mol. The van der Waals surface area contributed by atoms with Gasteiger partial charge >= 0.3 is 0 Å². The molecule has 1 aliphatic carbocycles. The topological polar surface area (TPSA) is 30.5 Å². The molecule has 1 saturated heterocycles. The first-order valence-electron chi connectivity index (χ1n) is 6.39. The van der Waals surface area contributed by atoms with Gasteiger partial charge in [-0.2, -0.15) is 0 Å². The molecule has 0 aromatic rings. The van der Waals surface area contributed by atoms with Crippen molar-refractivity contribution >= 4 is 0 Å². The fraction of sp³-hybridized carbons (Fsp3) is 1.00. The van der Waals surface area contributed by atoms with E-state index in [0.717, 1.165) is 26.3 Å². The van der Waals surface area contributed by atoms with Crippen LogP contribution in [0.5, 0.6) is 0 Å². The molecule has 0 aromatic heterocycles. The van der Waals surface area contributed by atoms with E-state index in [-0.39, 0.29) is 0 Å². The Kier molecular flexibility index (Phi) is 4.90. The zero-order valence-electron chi connectivity index (χ0n) is 9.54. The van der Waals surface area contributed by atoms with Crippen LogP contribution in [0.2, 0.25) is 0 Å². The molecule has 1 N–H and O–H groups in total. The Morgan fingerprint density at radius 2 is 2.00 bits per heavy atom. The Morgan fingerprint density at radius 3 is 2.73 bits per heavy atom. The summed E-state index contributed by atoms with van der Waals surface area (Å²) in [7, 11) is 0. The Balaban J connectivity index is 1.41. The summed E-state index contributed by atoms with van der Waals surface area (Å²) >= 11 is 0. The van der Waals surface area contributed by atoms with E-state index < -0.39 is 0 Å². The van der Waals surface area contributed by atoms with Crippen molar-refractivity contribution in [1.29, 1.82) is 0 Å². The molecule has 0 radical (unpaired) electrons. The minimum absolute atomic E-state index is 0.455. The lowest BCUT2D eigenvalue weighted by molar-refractivity contribution is 0.0568. The van der Waals surface area contributed by atoms with Crippen LogP contribution in [-0.2, 0) is 9.47 Å². The highest BCUT2D eigenvalue weighted by atomic mass is 16.5. The zero-order valence-corrected chi connectivity index (χ0v) is 9.54. The summed E-state index contributed by atoms with van der Waals surface area (Å²) < 4.78 is 11.3. The predicted octanol–water partition coefficient (Wildman–Crippen LogP) is 1.71. The van der Waals surface area contributed by atoms with Crippen LogP contribution in [0, 0.1) is 0 Å². The third-order valence-electron chi connectivity index (χ3n) is 3.33. The molecule has 1 saturated carbocycles. The summed E-state index contributed by atoms with van der Waals surface area (Å²) in [6, 6.07) is 0. The Labute approximate surface area is 92.5 Å². The Hall–Kier alpha value is -0.120. The van der Waals surface area contributed by atoms with Crippen LogP contribution in [0.1, 0.15) is 38.5 Å². The zero-order chi connectivity index (χ0) is 10.3. The van der Waals surface area contributed by atoms with Crippen molar-refractivity contribution in [3.63, 3.8) is 0 Å². The van der Waals surface area contributed by atoms with E-state index in [4.69, 9.17) is 9.47 Å². The van der Waals surface area contributed by atoms with Crippen molar-refractivity contribution in [1.82, 2.24) is 5.32 Å². The fourth-order valence-corrected chi connectivity index (χ4v) is 2.42. The molecule has 2 aliphatic rings. The first-order valence-corrected chi connectivity index (χ1v) is 6.39. The Bertz CT molecular complexity index is 145. The first-order chi connectivity index (χ1) is 7.45. The van der Waals surface area contributed by atoms with E-state index in [1.54, 1.807) is 0 Å². The number of hydrogen-bond donors (Lipinski definition) is 1. The van der Waals surface area contributed by atoms with Crippen LogP contribution in [0.4, 0.5) is 0 Å². The van der Waals surface area contributed by atoms with E-state index in [2.05, 4.69) is 5.32 Å². The van der Waals surface area contributed by atoms with Crippen molar-refractivity contribution in [2.24, 2.45) is 0 Å². The van der Waals surface area contributed by atoms with E-state index >= 15 is 0 Å². The van der Waals surface area contributed by atoms with Crippen LogP contribution in [0.15, 0.2) is 0 Å². The molecule has 88 valence electrons. The van der Waals surface area contributed by atoms with Crippen molar-refractivity contribution in [3.05, 3.63) is 0 Å². The molecule has 0 amide bonds. The third kappa shape index (κ3) is 4.09. The van der Waals surface area contributed by atoms with Gasteiger partial charge in [-0.3, -0.25) is 0 Å². The van der Waals surface area contributed by atoms with E-state index in [1.165, 1.54) is 38.5 Å². The van der Waals surface area contributed by atoms with Crippen molar-refractivity contribution < 1.29 is 9.47 Å². The molecular formula is C12H23NO2. The minimum atomic E-state index is 0.455. The van der Waals surface area contributed by atoms with E-state index in [0.29, 0.717) is 12.2 Å². The number of nitrogens with one attached hydrogen (secondary N) is 1. The van der Waals surface area contributed by atoms with Gasteiger partial charge in [0.1, 0.15) is 0 Å². The SMILES string of the molecule is C1CCC(OCCNCC2CCCO2)C1. The van der Waals surface area contributed by atoms with E-state index in [9.17, 15) is 0 Å². The molecule has 1 aliphatic heterocycles. The molecule has 2 fully saturated rings. The van der Waals surface area contributed by atoms with Gasteiger partial charge in [0, 0.05) is 19.7 Å². The molecular weight excluding hydrogens is 190 g/mol. The largest absolute Gasteiger partial charge is 0.377 e. The lowest BCUT2D eigenvalue weighted by Gasteiger charge is -2.13. The molecule has 1 unspecified atom stereocenters. The van der Waals surface area contributed by atoms with Gasteiger partial charge in [0.15, 0.2) is 0 Å². The second-order valence-electron chi connectivity index (χ2n) is 4.62. The first kappa shape index (κ1) is 11.4. The maximum Gasteiger partial charge on any atom is 0.0700 e. The van der Waals surface area contributed by atoms with Gasteiger partial charge in [-0.25, -0.2) is 0 Å². The lowest BCUT2D eigenvalue weighted by Crippen LogP contribution is -2.29. The van der Waals surface area contributed by atoms with Crippen LogP contribution in [0.3, 0.4) is 0 Å². The highest BCUT2D eigenvalue weighted by molar-refractivity contribution is 4.68. The monoisotopic (exact) mass is 213 g/mol. The molecule has 0 spiro atoms. The molecule has 3 heteroatoms.